The Morgan fingerprint density at radius 1 is 1.41 bits per heavy atom. The Kier molecular flexibility index (Phi) is 6.65. The molecule has 0 unspecified atom stereocenters. The van der Waals surface area contributed by atoms with Crippen molar-refractivity contribution in [3.8, 4) is 5.75 Å². The van der Waals surface area contributed by atoms with Gasteiger partial charge in [0.1, 0.15) is 10.6 Å². The number of methoxy groups -OCH3 is 1. The van der Waals surface area contributed by atoms with Gasteiger partial charge in [0.25, 0.3) is 0 Å². The molecule has 1 rings (SSSR count). The van der Waals surface area contributed by atoms with Gasteiger partial charge in [-0.2, -0.15) is 0 Å². The number of carbonyl (C=O) groups excluding carboxylic acids is 1. The number of hydrogen-bond donors (Lipinski definition) is 1. The molecule has 8 heteroatoms. The first-order valence-corrected chi connectivity index (χ1v) is 8.65. The topological polar surface area (TPSA) is 75.7 Å². The maximum atomic E-state index is 12.3. The molecular weight excluding hydrogens is 328 g/mol. The van der Waals surface area contributed by atoms with E-state index in [1.165, 1.54) is 26.2 Å². The third-order valence-electron chi connectivity index (χ3n) is 3.09. The number of rotatable bonds is 7. The highest BCUT2D eigenvalue weighted by Gasteiger charge is 2.20. The summed E-state index contributed by atoms with van der Waals surface area (Å²) in [5.41, 5.74) is 0. The lowest BCUT2D eigenvalue weighted by Gasteiger charge is -2.25. The zero-order chi connectivity index (χ0) is 16.9. The fraction of sp³-hybridized carbons (Fsp3) is 0.500. The Morgan fingerprint density at radius 3 is 2.55 bits per heavy atom. The number of nitrogens with one attached hydrogen (secondary N) is 1. The number of ether oxygens (including phenoxy) is 1. The van der Waals surface area contributed by atoms with Gasteiger partial charge in [0, 0.05) is 31.1 Å². The summed E-state index contributed by atoms with van der Waals surface area (Å²) in [5.74, 6) is 0.110. The monoisotopic (exact) mass is 348 g/mol. The van der Waals surface area contributed by atoms with Gasteiger partial charge in [-0.15, -0.1) is 0 Å². The third kappa shape index (κ3) is 4.86. The molecule has 1 amide bonds. The highest BCUT2D eigenvalue weighted by atomic mass is 35.5. The molecule has 0 fully saturated rings. The van der Waals surface area contributed by atoms with Gasteiger partial charge < -0.3 is 9.64 Å². The van der Waals surface area contributed by atoms with Crippen LogP contribution in [0.4, 0.5) is 0 Å². The van der Waals surface area contributed by atoms with Gasteiger partial charge in [0.2, 0.25) is 15.9 Å². The average molecular weight is 349 g/mol. The minimum atomic E-state index is -3.77. The second-order valence-electron chi connectivity index (χ2n) is 5.00. The van der Waals surface area contributed by atoms with Gasteiger partial charge in [-0.3, -0.25) is 4.79 Å². The van der Waals surface area contributed by atoms with Gasteiger partial charge in [-0.25, -0.2) is 13.1 Å². The van der Waals surface area contributed by atoms with Crippen LogP contribution in [-0.4, -0.2) is 45.5 Å². The number of halogens is 1. The summed E-state index contributed by atoms with van der Waals surface area (Å²) in [6, 6.07) is 4.37. The van der Waals surface area contributed by atoms with Crippen LogP contribution in [0.5, 0.6) is 5.75 Å². The minimum absolute atomic E-state index is 0.00251. The molecule has 0 radical (unpaired) electrons. The van der Waals surface area contributed by atoms with Gasteiger partial charge in [-0.1, -0.05) is 11.6 Å². The maximum Gasteiger partial charge on any atom is 0.244 e. The van der Waals surface area contributed by atoms with E-state index in [0.717, 1.165) is 0 Å². The average Bonchev–Trinajstić information content (AvgIpc) is 2.42. The predicted octanol–water partition coefficient (Wildman–Crippen LogP) is 1.88. The zero-order valence-electron chi connectivity index (χ0n) is 13.1. The van der Waals surface area contributed by atoms with Crippen LogP contribution in [0.25, 0.3) is 0 Å². The predicted molar refractivity (Wildman–Crippen MR) is 85.7 cm³/mol. The SMILES string of the molecule is COc1ccc(Cl)cc1S(=O)(=O)NCCN(C(C)=O)C(C)C. The number of nitrogens with zero attached hydrogens (tertiary/aromatic N) is 1. The molecule has 6 nitrogen and oxygen atoms in total. The van der Waals surface area contributed by atoms with Crippen molar-refractivity contribution < 1.29 is 17.9 Å². The van der Waals surface area contributed by atoms with E-state index in [4.69, 9.17) is 16.3 Å². The van der Waals surface area contributed by atoms with Crippen molar-refractivity contribution in [2.75, 3.05) is 20.2 Å². The summed E-state index contributed by atoms with van der Waals surface area (Å²) in [6.45, 7) is 5.59. The number of sulfonamides is 1. The van der Waals surface area contributed by atoms with Crippen molar-refractivity contribution in [3.05, 3.63) is 23.2 Å². The maximum absolute atomic E-state index is 12.3. The van der Waals surface area contributed by atoms with Crippen molar-refractivity contribution in [2.45, 2.75) is 31.7 Å². The molecule has 0 heterocycles. The molecule has 0 spiro atoms. The molecule has 22 heavy (non-hydrogen) atoms. The molecule has 0 saturated heterocycles. The molecular formula is C14H21ClN2O4S. The van der Waals surface area contributed by atoms with Gasteiger partial charge >= 0.3 is 0 Å². The summed E-state index contributed by atoms with van der Waals surface area (Å²) in [5, 5.41) is 0.300. The van der Waals surface area contributed by atoms with Gasteiger partial charge in [0.15, 0.2) is 0 Å². The number of hydrogen-bond acceptors (Lipinski definition) is 4. The molecule has 0 aliphatic heterocycles. The first-order valence-electron chi connectivity index (χ1n) is 6.79. The highest BCUT2D eigenvalue weighted by molar-refractivity contribution is 7.89. The Hall–Kier alpha value is -1.31. The molecule has 124 valence electrons. The van der Waals surface area contributed by atoms with E-state index in [1.54, 1.807) is 11.0 Å². The van der Waals surface area contributed by atoms with E-state index in [1.807, 2.05) is 13.8 Å². The van der Waals surface area contributed by atoms with Crippen molar-refractivity contribution in [3.63, 3.8) is 0 Å². The molecule has 1 N–H and O–H groups in total. The largest absolute Gasteiger partial charge is 0.495 e. The lowest BCUT2D eigenvalue weighted by molar-refractivity contribution is -0.130. The summed E-state index contributed by atoms with van der Waals surface area (Å²) < 4.78 is 32.2. The molecule has 1 aromatic rings. The second kappa shape index (κ2) is 7.80. The zero-order valence-corrected chi connectivity index (χ0v) is 14.7. The van der Waals surface area contributed by atoms with Crippen molar-refractivity contribution in [1.29, 1.82) is 0 Å². The van der Waals surface area contributed by atoms with E-state index in [2.05, 4.69) is 4.72 Å². The third-order valence-corrected chi connectivity index (χ3v) is 4.81. The van der Waals surface area contributed by atoms with Crippen molar-refractivity contribution in [1.82, 2.24) is 9.62 Å². The fourth-order valence-corrected chi connectivity index (χ4v) is 3.47. The molecule has 0 bridgehead atoms. The van der Waals surface area contributed by atoms with Crippen molar-refractivity contribution >= 4 is 27.5 Å². The van der Waals surface area contributed by atoms with Crippen LogP contribution in [-0.2, 0) is 14.8 Å². The van der Waals surface area contributed by atoms with Gasteiger partial charge in [-0.05, 0) is 32.0 Å². The van der Waals surface area contributed by atoms with E-state index < -0.39 is 10.0 Å². The first-order chi connectivity index (χ1) is 10.2. The van der Waals surface area contributed by atoms with E-state index in [0.29, 0.717) is 5.02 Å². The standard InChI is InChI=1S/C14H21ClN2O4S/c1-10(2)17(11(3)18)8-7-16-22(19,20)14-9-12(15)5-6-13(14)21-4/h5-6,9-10,16H,7-8H2,1-4H3. The number of benzene rings is 1. The Bertz CT molecular complexity index is 632. The quantitative estimate of drug-likeness (QED) is 0.816. The molecule has 0 atom stereocenters. The Balaban J connectivity index is 2.85. The second-order valence-corrected chi connectivity index (χ2v) is 7.17. The van der Waals surface area contributed by atoms with Crippen LogP contribution in [0.3, 0.4) is 0 Å². The summed E-state index contributed by atoms with van der Waals surface area (Å²) in [6.07, 6.45) is 0. The Labute approximate surface area is 136 Å². The van der Waals surface area contributed by atoms with Crippen LogP contribution in [0.1, 0.15) is 20.8 Å². The van der Waals surface area contributed by atoms with Gasteiger partial charge in [0.05, 0.1) is 7.11 Å². The highest BCUT2D eigenvalue weighted by Crippen LogP contribution is 2.26. The number of amides is 1. The van der Waals surface area contributed by atoms with Crippen molar-refractivity contribution in [2.24, 2.45) is 0 Å². The smallest absolute Gasteiger partial charge is 0.244 e. The lowest BCUT2D eigenvalue weighted by Crippen LogP contribution is -2.41. The molecule has 0 aliphatic carbocycles. The minimum Gasteiger partial charge on any atom is -0.495 e. The van der Waals surface area contributed by atoms with E-state index in [9.17, 15) is 13.2 Å². The molecule has 0 saturated carbocycles. The van der Waals surface area contributed by atoms with Crippen LogP contribution >= 0.6 is 11.6 Å². The summed E-state index contributed by atoms with van der Waals surface area (Å²) in [4.78, 5) is 13.0. The fourth-order valence-electron chi connectivity index (χ4n) is 2.02. The van der Waals surface area contributed by atoms with Crippen LogP contribution in [0, 0.1) is 0 Å². The van der Waals surface area contributed by atoms with Crippen LogP contribution < -0.4 is 9.46 Å². The normalized spacial score (nSPS) is 11.5. The summed E-state index contributed by atoms with van der Waals surface area (Å²) in [7, 11) is -2.38. The molecule has 1 aromatic carbocycles. The Morgan fingerprint density at radius 2 is 2.05 bits per heavy atom. The van der Waals surface area contributed by atoms with Crippen LogP contribution in [0.2, 0.25) is 5.02 Å². The molecule has 0 aliphatic rings. The van der Waals surface area contributed by atoms with E-state index in [-0.39, 0.29) is 35.7 Å². The van der Waals surface area contributed by atoms with Crippen LogP contribution in [0.15, 0.2) is 23.1 Å². The lowest BCUT2D eigenvalue weighted by atomic mass is 10.3. The first kappa shape index (κ1) is 18.7. The van der Waals surface area contributed by atoms with E-state index >= 15 is 0 Å². The molecule has 0 aromatic heterocycles. The number of carbonyl (C=O) groups is 1. The summed E-state index contributed by atoms with van der Waals surface area (Å²) >= 11 is 5.85.